The molecule has 3 aromatic rings. The number of hydrogen-bond acceptors (Lipinski definition) is 3. The Morgan fingerprint density at radius 2 is 1.96 bits per heavy atom. The number of carbonyl (C=O) groups excluding carboxylic acids is 1. The van der Waals surface area contributed by atoms with Crippen LogP contribution < -0.4 is 5.32 Å². The Kier molecular flexibility index (Phi) is 4.15. The average Bonchev–Trinajstić information content (AvgIpc) is 2.90. The lowest BCUT2D eigenvalue weighted by atomic mass is 10.0. The number of aromatic nitrogens is 1. The maximum Gasteiger partial charge on any atom is 0.226 e. The van der Waals surface area contributed by atoms with E-state index in [0.717, 1.165) is 27.7 Å². The summed E-state index contributed by atoms with van der Waals surface area (Å²) in [6.07, 6.45) is 0.216. The summed E-state index contributed by atoms with van der Waals surface area (Å²) in [6.45, 7) is 6.01. The van der Waals surface area contributed by atoms with Crippen molar-refractivity contribution >= 4 is 16.9 Å². The molecule has 0 spiro atoms. The minimum Gasteiger partial charge on any atom is -0.356 e. The molecule has 0 aliphatic rings. The predicted molar refractivity (Wildman–Crippen MR) is 90.2 cm³/mol. The second kappa shape index (κ2) is 6.24. The van der Waals surface area contributed by atoms with Crippen molar-refractivity contribution in [1.82, 2.24) is 10.5 Å². The highest BCUT2D eigenvalue weighted by Crippen LogP contribution is 2.24. The number of carbonyl (C=O) groups is 1. The first kappa shape index (κ1) is 15.3. The summed E-state index contributed by atoms with van der Waals surface area (Å²) in [4.78, 5) is 12.3. The lowest BCUT2D eigenvalue weighted by Crippen LogP contribution is -2.28. The summed E-state index contributed by atoms with van der Waals surface area (Å²) in [7, 11) is 0. The van der Waals surface area contributed by atoms with Crippen LogP contribution in [-0.2, 0) is 11.2 Å². The normalized spacial score (nSPS) is 12.3. The van der Waals surface area contributed by atoms with Gasteiger partial charge in [-0.25, -0.2) is 0 Å². The third-order valence-electron chi connectivity index (χ3n) is 3.99. The van der Waals surface area contributed by atoms with Crippen molar-refractivity contribution in [2.45, 2.75) is 33.2 Å². The van der Waals surface area contributed by atoms with Crippen LogP contribution in [-0.4, -0.2) is 11.1 Å². The van der Waals surface area contributed by atoms with Gasteiger partial charge in [-0.2, -0.15) is 0 Å². The van der Waals surface area contributed by atoms with E-state index in [1.807, 2.05) is 57.2 Å². The topological polar surface area (TPSA) is 55.1 Å². The van der Waals surface area contributed by atoms with Gasteiger partial charge in [0.25, 0.3) is 0 Å². The van der Waals surface area contributed by atoms with Crippen molar-refractivity contribution in [1.29, 1.82) is 0 Å². The second-order valence-corrected chi connectivity index (χ2v) is 5.96. The van der Waals surface area contributed by atoms with Crippen LogP contribution in [0.25, 0.3) is 11.0 Å². The number of nitrogens with zero attached hydrogens (tertiary/aromatic N) is 1. The van der Waals surface area contributed by atoms with Gasteiger partial charge in [0.1, 0.15) is 5.69 Å². The largest absolute Gasteiger partial charge is 0.356 e. The Balaban J connectivity index is 1.76. The van der Waals surface area contributed by atoms with Gasteiger partial charge >= 0.3 is 0 Å². The molecule has 1 aromatic heterocycles. The Bertz CT molecular complexity index is 837. The molecule has 0 saturated heterocycles. The van der Waals surface area contributed by atoms with Gasteiger partial charge in [0.05, 0.1) is 12.5 Å². The average molecular weight is 308 g/mol. The van der Waals surface area contributed by atoms with E-state index in [9.17, 15) is 4.79 Å². The highest BCUT2D eigenvalue weighted by molar-refractivity contribution is 5.88. The maximum absolute atomic E-state index is 12.3. The number of nitrogens with one attached hydrogen (secondary N) is 1. The van der Waals surface area contributed by atoms with Crippen LogP contribution in [0, 0.1) is 13.8 Å². The summed E-state index contributed by atoms with van der Waals surface area (Å²) in [5.41, 5.74) is 4.72. The molecule has 0 saturated carbocycles. The minimum atomic E-state index is -0.0588. The summed E-state index contributed by atoms with van der Waals surface area (Å²) in [6, 6.07) is 13.9. The highest BCUT2D eigenvalue weighted by atomic mass is 16.5. The van der Waals surface area contributed by atoms with Gasteiger partial charge in [-0.05, 0) is 43.5 Å². The molecule has 0 bridgehead atoms. The number of fused-ring (bicyclic) bond motifs is 1. The number of hydrogen-bond donors (Lipinski definition) is 1. The van der Waals surface area contributed by atoms with Crippen LogP contribution in [0.1, 0.15) is 35.3 Å². The van der Waals surface area contributed by atoms with E-state index in [0.29, 0.717) is 5.69 Å². The van der Waals surface area contributed by atoms with E-state index in [2.05, 4.69) is 16.5 Å². The van der Waals surface area contributed by atoms with E-state index in [1.165, 1.54) is 0 Å². The summed E-state index contributed by atoms with van der Waals surface area (Å²) in [5.74, 6) is -0.0588. The van der Waals surface area contributed by atoms with Gasteiger partial charge < -0.3 is 9.84 Å². The smallest absolute Gasteiger partial charge is 0.226 e. The molecule has 1 atom stereocenters. The van der Waals surface area contributed by atoms with Crippen LogP contribution in [0.15, 0.2) is 47.0 Å². The van der Waals surface area contributed by atoms with Crippen molar-refractivity contribution in [3.63, 3.8) is 0 Å². The fourth-order valence-electron chi connectivity index (χ4n) is 2.91. The third-order valence-corrected chi connectivity index (χ3v) is 3.99. The molecular weight excluding hydrogens is 288 g/mol. The van der Waals surface area contributed by atoms with Gasteiger partial charge in [0, 0.05) is 5.39 Å². The van der Waals surface area contributed by atoms with Crippen molar-refractivity contribution in [3.05, 3.63) is 64.8 Å². The Hall–Kier alpha value is -2.62. The molecule has 1 amide bonds. The number of rotatable bonds is 4. The molecular formula is C19H20N2O2. The quantitative estimate of drug-likeness (QED) is 0.796. The Morgan fingerprint density at radius 3 is 2.70 bits per heavy atom. The fourth-order valence-corrected chi connectivity index (χ4v) is 2.91. The molecule has 1 unspecified atom stereocenters. The molecule has 0 fully saturated rings. The van der Waals surface area contributed by atoms with E-state index in [4.69, 9.17) is 4.52 Å². The Morgan fingerprint density at radius 1 is 1.22 bits per heavy atom. The van der Waals surface area contributed by atoms with Gasteiger partial charge in [-0.15, -0.1) is 0 Å². The lowest BCUT2D eigenvalue weighted by Gasteiger charge is -2.13. The first-order chi connectivity index (χ1) is 11.0. The monoisotopic (exact) mass is 308 g/mol. The van der Waals surface area contributed by atoms with Crippen molar-refractivity contribution in [3.8, 4) is 0 Å². The van der Waals surface area contributed by atoms with Crippen molar-refractivity contribution in [2.24, 2.45) is 0 Å². The van der Waals surface area contributed by atoms with Gasteiger partial charge in [-0.1, -0.05) is 41.6 Å². The van der Waals surface area contributed by atoms with Gasteiger partial charge in [-0.3, -0.25) is 4.79 Å². The van der Waals surface area contributed by atoms with E-state index < -0.39 is 0 Å². The van der Waals surface area contributed by atoms with Crippen molar-refractivity contribution in [2.75, 3.05) is 0 Å². The number of amides is 1. The van der Waals surface area contributed by atoms with Crippen LogP contribution >= 0.6 is 0 Å². The highest BCUT2D eigenvalue weighted by Gasteiger charge is 2.16. The molecule has 118 valence electrons. The third kappa shape index (κ3) is 3.26. The maximum atomic E-state index is 12.3. The minimum absolute atomic E-state index is 0.0368. The molecule has 4 nitrogen and oxygen atoms in total. The Labute approximate surface area is 135 Å². The number of benzene rings is 2. The van der Waals surface area contributed by atoms with Gasteiger partial charge in [0.2, 0.25) is 5.91 Å². The van der Waals surface area contributed by atoms with Crippen LogP contribution in [0.4, 0.5) is 0 Å². The second-order valence-electron chi connectivity index (χ2n) is 5.96. The predicted octanol–water partition coefficient (Wildman–Crippen LogP) is 3.86. The lowest BCUT2D eigenvalue weighted by molar-refractivity contribution is -0.121. The summed E-state index contributed by atoms with van der Waals surface area (Å²) < 4.78 is 5.37. The van der Waals surface area contributed by atoms with Crippen LogP contribution in [0.5, 0.6) is 0 Å². The van der Waals surface area contributed by atoms with Gasteiger partial charge in [0.15, 0.2) is 5.58 Å². The zero-order valence-electron chi connectivity index (χ0n) is 13.6. The van der Waals surface area contributed by atoms with E-state index in [1.54, 1.807) is 0 Å². The first-order valence-corrected chi connectivity index (χ1v) is 7.74. The number of aryl methyl sites for hydroxylation is 2. The summed E-state index contributed by atoms with van der Waals surface area (Å²) in [5, 5.41) is 8.03. The molecule has 3 rings (SSSR count). The van der Waals surface area contributed by atoms with E-state index in [-0.39, 0.29) is 18.4 Å². The van der Waals surface area contributed by atoms with Crippen LogP contribution in [0.2, 0.25) is 0 Å². The fraction of sp³-hybridized carbons (Fsp3) is 0.263. The molecule has 4 heteroatoms. The zero-order chi connectivity index (χ0) is 16.4. The van der Waals surface area contributed by atoms with Crippen LogP contribution in [0.3, 0.4) is 0 Å². The standard InChI is InChI=1S/C19H20N2O2/c1-12-9-13(2)19-16(21-23-17(19)10-12)11-18(22)20-14(3)15-7-5-4-6-8-15/h4-10,14H,11H2,1-3H3,(H,20,22). The van der Waals surface area contributed by atoms with E-state index >= 15 is 0 Å². The molecule has 1 heterocycles. The summed E-state index contributed by atoms with van der Waals surface area (Å²) >= 11 is 0. The zero-order valence-corrected chi connectivity index (χ0v) is 13.6. The molecule has 0 aliphatic carbocycles. The molecule has 1 N–H and O–H groups in total. The molecule has 0 radical (unpaired) electrons. The SMILES string of the molecule is Cc1cc(C)c2c(CC(=O)NC(C)c3ccccc3)noc2c1. The first-order valence-electron chi connectivity index (χ1n) is 7.74. The molecule has 0 aliphatic heterocycles. The van der Waals surface area contributed by atoms with Crippen molar-refractivity contribution < 1.29 is 9.32 Å². The molecule has 23 heavy (non-hydrogen) atoms. The molecule has 2 aromatic carbocycles.